The highest BCUT2D eigenvalue weighted by atomic mass is 16.5. The molecule has 94 valence electrons. The van der Waals surface area contributed by atoms with Gasteiger partial charge in [-0.25, -0.2) is 0 Å². The minimum absolute atomic E-state index is 0.0376. The maximum absolute atomic E-state index is 11.5. The summed E-state index contributed by atoms with van der Waals surface area (Å²) in [4.78, 5) is 24.6. The van der Waals surface area contributed by atoms with Crippen molar-refractivity contribution in [2.45, 2.75) is 6.92 Å². The summed E-state index contributed by atoms with van der Waals surface area (Å²) in [6, 6.07) is 0.108. The first-order valence-corrected chi connectivity index (χ1v) is 5.10. The first-order valence-electron chi connectivity index (χ1n) is 5.10. The number of nitrogens with two attached hydrogens (primary N) is 1. The maximum atomic E-state index is 11.5. The van der Waals surface area contributed by atoms with Gasteiger partial charge in [0.05, 0.1) is 13.7 Å². The Balaban J connectivity index is 2.63. The zero-order chi connectivity index (χ0) is 12.8. The number of methoxy groups -OCH3 is 1. The molecule has 1 heterocycles. The third-order valence-corrected chi connectivity index (χ3v) is 2.11. The van der Waals surface area contributed by atoms with E-state index in [4.69, 9.17) is 10.5 Å². The van der Waals surface area contributed by atoms with E-state index in [-0.39, 0.29) is 30.4 Å². The Bertz CT molecular complexity index is 397. The Kier molecular flexibility index (Phi) is 4.44. The summed E-state index contributed by atoms with van der Waals surface area (Å²) in [5, 5.41) is 2.76. The van der Waals surface area contributed by atoms with E-state index < -0.39 is 0 Å². The molecule has 0 saturated carbocycles. The van der Waals surface area contributed by atoms with Gasteiger partial charge in [-0.15, -0.1) is 0 Å². The molecule has 0 fully saturated rings. The number of carbonyl (C=O) groups excluding carboxylic acids is 1. The predicted octanol–water partition coefficient (Wildman–Crippen LogP) is -0.647. The molecule has 8 heteroatoms. The van der Waals surface area contributed by atoms with Crippen molar-refractivity contribution in [1.82, 2.24) is 19.9 Å². The number of nitrogen functional groups attached to an aromatic ring is 1. The Labute approximate surface area is 99.2 Å². The molecule has 0 aliphatic rings. The first kappa shape index (κ1) is 12.9. The molecule has 0 bridgehead atoms. The second-order valence-electron chi connectivity index (χ2n) is 3.27. The maximum Gasteiger partial charge on any atom is 0.322 e. The van der Waals surface area contributed by atoms with E-state index >= 15 is 0 Å². The van der Waals surface area contributed by atoms with Crippen LogP contribution in [0.5, 0.6) is 6.01 Å². The van der Waals surface area contributed by atoms with Gasteiger partial charge >= 0.3 is 6.01 Å². The summed E-state index contributed by atoms with van der Waals surface area (Å²) >= 11 is 0. The number of rotatable bonds is 5. The van der Waals surface area contributed by atoms with Crippen LogP contribution in [0.15, 0.2) is 0 Å². The third-order valence-electron chi connectivity index (χ3n) is 2.11. The number of aromatic nitrogens is 3. The summed E-state index contributed by atoms with van der Waals surface area (Å²) < 4.78 is 4.83. The van der Waals surface area contributed by atoms with E-state index in [1.165, 1.54) is 7.11 Å². The molecule has 0 spiro atoms. The average molecular weight is 240 g/mol. The van der Waals surface area contributed by atoms with Crippen molar-refractivity contribution < 1.29 is 9.53 Å². The number of likely N-dealkylation sites (N-methyl/N-ethyl adjacent to an activating group) is 1. The van der Waals surface area contributed by atoms with Gasteiger partial charge in [0.25, 0.3) is 0 Å². The molecular formula is C9H16N6O2. The average Bonchev–Trinajstić information content (AvgIpc) is 2.34. The summed E-state index contributed by atoms with van der Waals surface area (Å²) in [6.45, 7) is 2.63. The molecule has 0 aromatic carbocycles. The topological polar surface area (TPSA) is 106 Å². The molecule has 0 saturated heterocycles. The van der Waals surface area contributed by atoms with Crippen LogP contribution in [0.3, 0.4) is 0 Å². The van der Waals surface area contributed by atoms with E-state index in [0.717, 1.165) is 0 Å². The van der Waals surface area contributed by atoms with Gasteiger partial charge in [0.15, 0.2) is 0 Å². The predicted molar refractivity (Wildman–Crippen MR) is 62.6 cm³/mol. The number of ether oxygens (including phenoxy) is 1. The minimum Gasteiger partial charge on any atom is -0.467 e. The van der Waals surface area contributed by atoms with Crippen LogP contribution in [0.2, 0.25) is 0 Å². The smallest absolute Gasteiger partial charge is 0.322 e. The fourth-order valence-electron chi connectivity index (χ4n) is 1.01. The van der Waals surface area contributed by atoms with Crippen LogP contribution in [-0.2, 0) is 4.79 Å². The molecular weight excluding hydrogens is 224 g/mol. The lowest BCUT2D eigenvalue weighted by molar-refractivity contribution is -0.127. The van der Waals surface area contributed by atoms with Crippen molar-refractivity contribution in [2.75, 3.05) is 38.3 Å². The van der Waals surface area contributed by atoms with E-state index in [0.29, 0.717) is 6.54 Å². The number of amides is 1. The van der Waals surface area contributed by atoms with E-state index in [9.17, 15) is 4.79 Å². The van der Waals surface area contributed by atoms with E-state index in [2.05, 4.69) is 20.3 Å². The monoisotopic (exact) mass is 240 g/mol. The van der Waals surface area contributed by atoms with Crippen LogP contribution >= 0.6 is 0 Å². The van der Waals surface area contributed by atoms with Crippen molar-refractivity contribution >= 4 is 17.8 Å². The largest absolute Gasteiger partial charge is 0.467 e. The molecule has 0 aliphatic carbocycles. The van der Waals surface area contributed by atoms with Gasteiger partial charge in [-0.3, -0.25) is 4.79 Å². The molecule has 8 nitrogen and oxygen atoms in total. The highest BCUT2D eigenvalue weighted by Crippen LogP contribution is 2.07. The Morgan fingerprint density at radius 3 is 2.76 bits per heavy atom. The number of carbonyl (C=O) groups is 1. The number of hydrogen-bond donors (Lipinski definition) is 2. The quantitative estimate of drug-likeness (QED) is 0.704. The molecule has 0 atom stereocenters. The summed E-state index contributed by atoms with van der Waals surface area (Å²) in [7, 11) is 3.14. The number of nitrogens with zero attached hydrogens (tertiary/aromatic N) is 4. The van der Waals surface area contributed by atoms with Gasteiger partial charge in [-0.2, -0.15) is 15.0 Å². The number of nitrogens with one attached hydrogen (secondary N) is 1. The molecule has 0 aliphatic heterocycles. The fraction of sp³-hybridized carbons (Fsp3) is 0.556. The lowest BCUT2D eigenvalue weighted by Crippen LogP contribution is -2.32. The van der Waals surface area contributed by atoms with Gasteiger partial charge < -0.3 is 20.7 Å². The van der Waals surface area contributed by atoms with Crippen LogP contribution in [0.25, 0.3) is 0 Å². The normalized spacial score (nSPS) is 9.82. The zero-order valence-corrected chi connectivity index (χ0v) is 10.1. The molecule has 0 unspecified atom stereocenters. The van der Waals surface area contributed by atoms with Gasteiger partial charge in [0.2, 0.25) is 17.8 Å². The summed E-state index contributed by atoms with van der Waals surface area (Å²) in [5.41, 5.74) is 5.45. The summed E-state index contributed by atoms with van der Waals surface area (Å²) in [5.74, 6) is 0.188. The molecule has 1 aromatic rings. The van der Waals surface area contributed by atoms with Crippen LogP contribution in [0.4, 0.5) is 11.9 Å². The van der Waals surface area contributed by atoms with Crippen molar-refractivity contribution in [3.8, 4) is 6.01 Å². The van der Waals surface area contributed by atoms with Crippen LogP contribution in [-0.4, -0.2) is 53.0 Å². The number of hydrogen-bond acceptors (Lipinski definition) is 7. The second-order valence-corrected chi connectivity index (χ2v) is 3.27. The van der Waals surface area contributed by atoms with E-state index in [1.54, 1.807) is 11.9 Å². The van der Waals surface area contributed by atoms with Crippen molar-refractivity contribution in [2.24, 2.45) is 0 Å². The Hall–Kier alpha value is -2.12. The second kappa shape index (κ2) is 5.83. The Morgan fingerprint density at radius 2 is 2.18 bits per heavy atom. The molecule has 1 rings (SSSR count). The van der Waals surface area contributed by atoms with Gasteiger partial charge in [0.1, 0.15) is 0 Å². The number of anilines is 2. The highest BCUT2D eigenvalue weighted by Gasteiger charge is 2.08. The Morgan fingerprint density at radius 1 is 1.47 bits per heavy atom. The first-order chi connectivity index (χ1) is 8.06. The van der Waals surface area contributed by atoms with Crippen molar-refractivity contribution in [1.29, 1.82) is 0 Å². The minimum atomic E-state index is -0.0644. The van der Waals surface area contributed by atoms with E-state index in [1.807, 2.05) is 6.92 Å². The van der Waals surface area contributed by atoms with Crippen LogP contribution in [0, 0.1) is 0 Å². The van der Waals surface area contributed by atoms with Gasteiger partial charge in [-0.05, 0) is 6.92 Å². The highest BCUT2D eigenvalue weighted by molar-refractivity contribution is 5.80. The lowest BCUT2D eigenvalue weighted by atomic mass is 10.5. The van der Waals surface area contributed by atoms with Gasteiger partial charge in [-0.1, -0.05) is 0 Å². The zero-order valence-electron chi connectivity index (χ0n) is 10.1. The van der Waals surface area contributed by atoms with Crippen LogP contribution < -0.4 is 15.8 Å². The van der Waals surface area contributed by atoms with Crippen molar-refractivity contribution in [3.05, 3.63) is 0 Å². The molecule has 17 heavy (non-hydrogen) atoms. The third kappa shape index (κ3) is 3.74. The standard InChI is InChI=1S/C9H16N6O2/c1-4-15(2)6(16)5-11-8-12-7(10)13-9(14-8)17-3/h4-5H2,1-3H3,(H3,10,11,12,13,14). The molecule has 1 aromatic heterocycles. The van der Waals surface area contributed by atoms with Gasteiger partial charge in [0, 0.05) is 13.6 Å². The SMILES string of the molecule is CCN(C)C(=O)CNc1nc(N)nc(OC)n1. The lowest BCUT2D eigenvalue weighted by Gasteiger charge is -2.14. The molecule has 1 amide bonds. The molecule has 0 radical (unpaired) electrons. The van der Waals surface area contributed by atoms with Crippen molar-refractivity contribution in [3.63, 3.8) is 0 Å². The fourth-order valence-corrected chi connectivity index (χ4v) is 1.01. The van der Waals surface area contributed by atoms with Crippen LogP contribution in [0.1, 0.15) is 6.92 Å². The summed E-state index contributed by atoms with van der Waals surface area (Å²) in [6.07, 6.45) is 0. The molecule has 3 N–H and O–H groups in total.